The molecule has 0 amide bonds. The molecule has 3 aromatic rings. The molecule has 2 atom stereocenters. The topological polar surface area (TPSA) is 54.3 Å². The third-order valence-corrected chi connectivity index (χ3v) is 5.53. The van der Waals surface area contributed by atoms with Crippen LogP contribution in [0.5, 0.6) is 5.75 Å². The molecule has 0 aromatic heterocycles. The van der Waals surface area contributed by atoms with Crippen molar-refractivity contribution in [3.05, 3.63) is 101 Å². The molecule has 0 aliphatic carbocycles. The molecule has 1 heterocycles. The monoisotopic (exact) mass is 450 g/mol. The van der Waals surface area contributed by atoms with Crippen LogP contribution in [0.25, 0.3) is 0 Å². The molecule has 0 spiro atoms. The number of para-hydroxylation sites is 1. The molecule has 1 N–H and O–H groups in total. The van der Waals surface area contributed by atoms with Crippen molar-refractivity contribution >= 4 is 17.3 Å². The van der Waals surface area contributed by atoms with Crippen molar-refractivity contribution < 1.29 is 14.7 Å². The molecule has 3 aromatic carbocycles. The van der Waals surface area contributed by atoms with E-state index in [0.29, 0.717) is 31.1 Å². The van der Waals surface area contributed by atoms with Gasteiger partial charge in [-0.3, -0.25) is 4.90 Å². The second-order valence-corrected chi connectivity index (χ2v) is 8.37. The van der Waals surface area contributed by atoms with Gasteiger partial charge in [-0.2, -0.15) is 0 Å². The van der Waals surface area contributed by atoms with E-state index in [-0.39, 0.29) is 12.7 Å². The SMILES string of the molecule is O[C@@H](COc1ccccc1)CN(Cc1ccccc1)C[C@H]1CC(c2ccc(Cl)cc2)=NO1. The molecule has 1 aliphatic heterocycles. The average molecular weight is 451 g/mol. The van der Waals surface area contributed by atoms with Crippen LogP contribution in [-0.2, 0) is 11.4 Å². The summed E-state index contributed by atoms with van der Waals surface area (Å²) in [7, 11) is 0. The van der Waals surface area contributed by atoms with Crippen LogP contribution >= 0.6 is 11.6 Å². The van der Waals surface area contributed by atoms with Crippen molar-refractivity contribution in [1.82, 2.24) is 4.90 Å². The van der Waals surface area contributed by atoms with Crippen LogP contribution in [0.15, 0.2) is 90.1 Å². The lowest BCUT2D eigenvalue weighted by atomic mass is 10.0. The Kier molecular flexibility index (Phi) is 7.77. The van der Waals surface area contributed by atoms with Gasteiger partial charge in [0.1, 0.15) is 24.6 Å². The summed E-state index contributed by atoms with van der Waals surface area (Å²) < 4.78 is 5.73. The minimum atomic E-state index is -0.628. The maximum atomic E-state index is 10.6. The van der Waals surface area contributed by atoms with Crippen molar-refractivity contribution in [2.45, 2.75) is 25.2 Å². The zero-order valence-corrected chi connectivity index (χ0v) is 18.6. The molecular weight excluding hydrogens is 424 g/mol. The van der Waals surface area contributed by atoms with Gasteiger partial charge in [-0.15, -0.1) is 0 Å². The Morgan fingerprint density at radius 1 is 1.00 bits per heavy atom. The van der Waals surface area contributed by atoms with Gasteiger partial charge in [0.05, 0.1) is 5.71 Å². The Morgan fingerprint density at radius 2 is 1.69 bits per heavy atom. The molecule has 166 valence electrons. The lowest BCUT2D eigenvalue weighted by molar-refractivity contribution is 0.0213. The van der Waals surface area contributed by atoms with Crippen LogP contribution in [0, 0.1) is 0 Å². The highest BCUT2D eigenvalue weighted by atomic mass is 35.5. The summed E-state index contributed by atoms with van der Waals surface area (Å²) in [4.78, 5) is 7.92. The first-order chi connectivity index (χ1) is 15.7. The van der Waals surface area contributed by atoms with E-state index < -0.39 is 6.10 Å². The fourth-order valence-corrected chi connectivity index (χ4v) is 3.86. The van der Waals surface area contributed by atoms with E-state index in [2.05, 4.69) is 22.2 Å². The highest BCUT2D eigenvalue weighted by Gasteiger charge is 2.26. The van der Waals surface area contributed by atoms with Gasteiger partial charge in [0.15, 0.2) is 0 Å². The fraction of sp³-hybridized carbons (Fsp3) is 0.269. The average Bonchev–Trinajstić information content (AvgIpc) is 3.28. The summed E-state index contributed by atoms with van der Waals surface area (Å²) in [5.41, 5.74) is 3.11. The van der Waals surface area contributed by atoms with Gasteiger partial charge in [-0.05, 0) is 35.4 Å². The Labute approximate surface area is 193 Å². The number of halogens is 1. The van der Waals surface area contributed by atoms with E-state index in [9.17, 15) is 5.11 Å². The molecule has 0 radical (unpaired) electrons. The number of hydrogen-bond donors (Lipinski definition) is 1. The van der Waals surface area contributed by atoms with E-state index in [1.54, 1.807) is 0 Å². The molecule has 0 fully saturated rings. The number of rotatable bonds is 10. The van der Waals surface area contributed by atoms with E-state index in [1.807, 2.05) is 72.8 Å². The molecule has 0 unspecified atom stereocenters. The van der Waals surface area contributed by atoms with Crippen LogP contribution in [0.4, 0.5) is 0 Å². The maximum Gasteiger partial charge on any atom is 0.145 e. The first-order valence-corrected chi connectivity index (χ1v) is 11.1. The Bertz CT molecular complexity index is 997. The molecule has 6 heteroatoms. The van der Waals surface area contributed by atoms with Crippen molar-refractivity contribution in [3.63, 3.8) is 0 Å². The summed E-state index contributed by atoms with van der Waals surface area (Å²) in [5, 5.41) is 15.6. The highest BCUT2D eigenvalue weighted by molar-refractivity contribution is 6.30. The van der Waals surface area contributed by atoms with Gasteiger partial charge in [0.25, 0.3) is 0 Å². The molecule has 5 nitrogen and oxygen atoms in total. The van der Waals surface area contributed by atoms with E-state index in [1.165, 1.54) is 5.56 Å². The maximum absolute atomic E-state index is 10.6. The van der Waals surface area contributed by atoms with E-state index in [4.69, 9.17) is 21.2 Å². The van der Waals surface area contributed by atoms with E-state index >= 15 is 0 Å². The zero-order valence-electron chi connectivity index (χ0n) is 17.8. The van der Waals surface area contributed by atoms with Gasteiger partial charge < -0.3 is 14.7 Å². The third kappa shape index (κ3) is 6.57. The second-order valence-electron chi connectivity index (χ2n) is 7.93. The van der Waals surface area contributed by atoms with Gasteiger partial charge in [-0.25, -0.2) is 0 Å². The predicted molar refractivity (Wildman–Crippen MR) is 127 cm³/mol. The molecule has 0 saturated carbocycles. The first kappa shape index (κ1) is 22.3. The lowest BCUT2D eigenvalue weighted by Gasteiger charge is -2.27. The number of ether oxygens (including phenoxy) is 1. The van der Waals surface area contributed by atoms with Crippen LogP contribution in [0.1, 0.15) is 17.5 Å². The number of nitrogens with zero attached hydrogens (tertiary/aromatic N) is 2. The number of hydrogen-bond acceptors (Lipinski definition) is 5. The Morgan fingerprint density at radius 3 is 2.41 bits per heavy atom. The number of oxime groups is 1. The van der Waals surface area contributed by atoms with Crippen molar-refractivity contribution in [2.75, 3.05) is 19.7 Å². The van der Waals surface area contributed by atoms with Crippen LogP contribution in [0.2, 0.25) is 5.02 Å². The quantitative estimate of drug-likeness (QED) is 0.483. The lowest BCUT2D eigenvalue weighted by Crippen LogP contribution is -2.39. The standard InChI is InChI=1S/C26H27ClN2O3/c27-22-13-11-21(12-14-22)26-15-25(32-28-26)18-29(16-20-7-3-1-4-8-20)17-23(30)19-31-24-9-5-2-6-10-24/h1-14,23,25,30H,15-19H2/t23-,25-/m1/s1. The Balaban J connectivity index is 1.35. The minimum Gasteiger partial charge on any atom is -0.491 e. The fourth-order valence-electron chi connectivity index (χ4n) is 3.73. The third-order valence-electron chi connectivity index (χ3n) is 5.28. The molecule has 4 rings (SSSR count). The summed E-state index contributed by atoms with van der Waals surface area (Å²) in [6, 6.07) is 27.4. The molecule has 1 aliphatic rings. The van der Waals surface area contributed by atoms with Gasteiger partial charge in [-0.1, -0.05) is 77.4 Å². The second kappa shape index (κ2) is 11.1. The number of benzene rings is 3. The van der Waals surface area contributed by atoms with Crippen molar-refractivity contribution in [2.24, 2.45) is 5.16 Å². The predicted octanol–water partition coefficient (Wildman–Crippen LogP) is 4.78. The first-order valence-electron chi connectivity index (χ1n) is 10.8. The molecular formula is C26H27ClN2O3. The van der Waals surface area contributed by atoms with Gasteiger partial charge >= 0.3 is 0 Å². The summed E-state index contributed by atoms with van der Waals surface area (Å²) in [5.74, 6) is 0.751. The van der Waals surface area contributed by atoms with Gasteiger partial charge in [0.2, 0.25) is 0 Å². The van der Waals surface area contributed by atoms with E-state index in [0.717, 1.165) is 17.0 Å². The van der Waals surface area contributed by atoms with Crippen LogP contribution in [0.3, 0.4) is 0 Å². The number of aliphatic hydroxyl groups is 1. The van der Waals surface area contributed by atoms with Crippen LogP contribution in [-0.4, -0.2) is 47.6 Å². The zero-order chi connectivity index (χ0) is 22.2. The van der Waals surface area contributed by atoms with Gasteiger partial charge in [0, 0.05) is 31.1 Å². The summed E-state index contributed by atoms with van der Waals surface area (Å²) >= 11 is 5.99. The molecule has 32 heavy (non-hydrogen) atoms. The smallest absolute Gasteiger partial charge is 0.145 e. The normalized spacial score (nSPS) is 16.5. The minimum absolute atomic E-state index is 0.0772. The molecule has 0 bridgehead atoms. The van der Waals surface area contributed by atoms with Crippen molar-refractivity contribution in [1.29, 1.82) is 0 Å². The largest absolute Gasteiger partial charge is 0.491 e. The van der Waals surface area contributed by atoms with Crippen molar-refractivity contribution in [3.8, 4) is 5.75 Å². The summed E-state index contributed by atoms with van der Waals surface area (Å²) in [6.07, 6.45) is 0.00684. The van der Waals surface area contributed by atoms with Crippen LogP contribution < -0.4 is 4.74 Å². The number of aliphatic hydroxyl groups excluding tert-OH is 1. The Hall–Kier alpha value is -2.86. The molecule has 0 saturated heterocycles. The highest BCUT2D eigenvalue weighted by Crippen LogP contribution is 2.20. The summed E-state index contributed by atoms with van der Waals surface area (Å²) in [6.45, 7) is 2.06.